The van der Waals surface area contributed by atoms with Crippen LogP contribution in [0.15, 0.2) is 12.5 Å². The van der Waals surface area contributed by atoms with E-state index in [9.17, 15) is 0 Å². The lowest BCUT2D eigenvalue weighted by atomic mass is 10.1. The molecule has 0 amide bonds. The summed E-state index contributed by atoms with van der Waals surface area (Å²) in [6, 6.07) is 0. The molecule has 0 aliphatic heterocycles. The molecule has 0 saturated carbocycles. The molecular weight excluding hydrogens is 238 g/mol. The highest BCUT2D eigenvalue weighted by Gasteiger charge is 2.13. The van der Waals surface area contributed by atoms with Crippen molar-refractivity contribution in [3.8, 4) is 11.5 Å². The van der Waals surface area contributed by atoms with Gasteiger partial charge in [-0.2, -0.15) is 0 Å². The molecule has 0 aliphatic rings. The molecule has 2 aromatic rings. The molecular formula is C14H21N5. The highest BCUT2D eigenvalue weighted by atomic mass is 15.1. The molecule has 0 fully saturated rings. The average Bonchev–Trinajstić information content (AvgIpc) is 2.82. The van der Waals surface area contributed by atoms with Crippen molar-refractivity contribution in [1.29, 1.82) is 0 Å². The molecule has 0 bridgehead atoms. The third-order valence-corrected chi connectivity index (χ3v) is 3.16. The van der Waals surface area contributed by atoms with E-state index in [1.807, 2.05) is 18.5 Å². The SMILES string of the molecule is CCCNc1nc(-c2cncn2C)nc(C)c1CC. The quantitative estimate of drug-likeness (QED) is 0.896. The van der Waals surface area contributed by atoms with Crippen molar-refractivity contribution >= 4 is 5.82 Å². The molecule has 2 aromatic heterocycles. The maximum atomic E-state index is 4.66. The second-order valence-corrected chi connectivity index (χ2v) is 4.63. The topological polar surface area (TPSA) is 55.6 Å². The van der Waals surface area contributed by atoms with E-state index in [1.165, 1.54) is 5.56 Å². The number of hydrogen-bond acceptors (Lipinski definition) is 4. The van der Waals surface area contributed by atoms with E-state index in [-0.39, 0.29) is 0 Å². The highest BCUT2D eigenvalue weighted by molar-refractivity contribution is 5.56. The number of hydrogen-bond donors (Lipinski definition) is 1. The van der Waals surface area contributed by atoms with Crippen molar-refractivity contribution < 1.29 is 0 Å². The van der Waals surface area contributed by atoms with Crippen molar-refractivity contribution in [1.82, 2.24) is 19.5 Å². The zero-order chi connectivity index (χ0) is 13.8. The molecule has 0 spiro atoms. The Balaban J connectivity index is 2.47. The smallest absolute Gasteiger partial charge is 0.180 e. The molecule has 0 radical (unpaired) electrons. The number of aromatic nitrogens is 4. The van der Waals surface area contributed by atoms with Crippen molar-refractivity contribution in [2.45, 2.75) is 33.6 Å². The lowest BCUT2D eigenvalue weighted by Crippen LogP contribution is -2.09. The van der Waals surface area contributed by atoms with Crippen LogP contribution in [0.1, 0.15) is 31.5 Å². The van der Waals surface area contributed by atoms with Gasteiger partial charge < -0.3 is 9.88 Å². The Labute approximate surface area is 114 Å². The van der Waals surface area contributed by atoms with Crippen LogP contribution in [0.4, 0.5) is 5.82 Å². The van der Waals surface area contributed by atoms with Gasteiger partial charge in [-0.05, 0) is 19.8 Å². The first-order chi connectivity index (χ1) is 9.17. The minimum atomic E-state index is 0.730. The Morgan fingerprint density at radius 1 is 1.26 bits per heavy atom. The fourth-order valence-electron chi connectivity index (χ4n) is 2.10. The van der Waals surface area contributed by atoms with E-state index < -0.39 is 0 Å². The van der Waals surface area contributed by atoms with Crippen LogP contribution in [0.3, 0.4) is 0 Å². The van der Waals surface area contributed by atoms with E-state index >= 15 is 0 Å². The summed E-state index contributed by atoms with van der Waals surface area (Å²) in [6.07, 6.45) is 5.57. The fraction of sp³-hybridized carbons (Fsp3) is 0.500. The summed E-state index contributed by atoms with van der Waals surface area (Å²) in [6.45, 7) is 7.24. The van der Waals surface area contributed by atoms with E-state index in [4.69, 9.17) is 0 Å². The molecule has 5 heteroatoms. The zero-order valence-electron chi connectivity index (χ0n) is 12.1. The summed E-state index contributed by atoms with van der Waals surface area (Å²) >= 11 is 0. The van der Waals surface area contributed by atoms with Gasteiger partial charge in [-0.3, -0.25) is 0 Å². The summed E-state index contributed by atoms with van der Waals surface area (Å²) in [5.74, 6) is 1.68. The lowest BCUT2D eigenvalue weighted by molar-refractivity contribution is 0.894. The number of aryl methyl sites for hydroxylation is 2. The number of nitrogens with one attached hydrogen (secondary N) is 1. The van der Waals surface area contributed by atoms with Gasteiger partial charge in [0.05, 0.1) is 12.5 Å². The predicted molar refractivity (Wildman–Crippen MR) is 77.1 cm³/mol. The highest BCUT2D eigenvalue weighted by Crippen LogP contribution is 2.22. The van der Waals surface area contributed by atoms with Crippen molar-refractivity contribution in [2.24, 2.45) is 7.05 Å². The second-order valence-electron chi connectivity index (χ2n) is 4.63. The van der Waals surface area contributed by atoms with Crippen LogP contribution in [0.25, 0.3) is 11.5 Å². The Morgan fingerprint density at radius 3 is 2.63 bits per heavy atom. The first-order valence-electron chi connectivity index (χ1n) is 6.75. The minimum absolute atomic E-state index is 0.730. The van der Waals surface area contributed by atoms with Crippen molar-refractivity contribution in [3.63, 3.8) is 0 Å². The van der Waals surface area contributed by atoms with Crippen LogP contribution >= 0.6 is 0 Å². The largest absolute Gasteiger partial charge is 0.370 e. The maximum Gasteiger partial charge on any atom is 0.180 e. The lowest BCUT2D eigenvalue weighted by Gasteiger charge is -2.13. The molecule has 5 nitrogen and oxygen atoms in total. The number of imidazole rings is 1. The molecule has 0 unspecified atom stereocenters. The Hall–Kier alpha value is -1.91. The molecule has 2 heterocycles. The fourth-order valence-corrected chi connectivity index (χ4v) is 2.10. The van der Waals surface area contributed by atoms with Crippen LogP contribution in [0, 0.1) is 6.92 Å². The van der Waals surface area contributed by atoms with Crippen LogP contribution in [-0.4, -0.2) is 26.1 Å². The monoisotopic (exact) mass is 259 g/mol. The first kappa shape index (κ1) is 13.5. The van der Waals surface area contributed by atoms with Crippen LogP contribution < -0.4 is 5.32 Å². The normalized spacial score (nSPS) is 10.7. The Bertz CT molecular complexity index is 559. The number of anilines is 1. The summed E-state index contributed by atoms with van der Waals surface area (Å²) in [5, 5.41) is 3.40. The first-order valence-corrected chi connectivity index (χ1v) is 6.75. The summed E-state index contributed by atoms with van der Waals surface area (Å²) in [7, 11) is 1.95. The van der Waals surface area contributed by atoms with Gasteiger partial charge in [0.2, 0.25) is 0 Å². The standard InChI is InChI=1S/C14H21N5/c1-5-7-16-13-11(6-2)10(3)17-14(18-13)12-8-15-9-19(12)4/h8-9H,5-7H2,1-4H3,(H,16,17,18). The Kier molecular flexibility index (Phi) is 4.14. The van der Waals surface area contributed by atoms with Gasteiger partial charge in [0.15, 0.2) is 5.82 Å². The predicted octanol–water partition coefficient (Wildman–Crippen LogP) is 2.57. The maximum absolute atomic E-state index is 4.66. The van der Waals surface area contributed by atoms with Gasteiger partial charge in [-0.1, -0.05) is 13.8 Å². The van der Waals surface area contributed by atoms with Gasteiger partial charge in [-0.15, -0.1) is 0 Å². The number of nitrogens with zero attached hydrogens (tertiary/aromatic N) is 4. The van der Waals surface area contributed by atoms with Crippen LogP contribution in [0.2, 0.25) is 0 Å². The summed E-state index contributed by atoms with van der Waals surface area (Å²) < 4.78 is 1.93. The molecule has 19 heavy (non-hydrogen) atoms. The van der Waals surface area contributed by atoms with Gasteiger partial charge in [0.25, 0.3) is 0 Å². The van der Waals surface area contributed by atoms with E-state index in [0.29, 0.717) is 0 Å². The van der Waals surface area contributed by atoms with Crippen molar-refractivity contribution in [3.05, 3.63) is 23.8 Å². The van der Waals surface area contributed by atoms with Gasteiger partial charge in [0, 0.05) is 24.8 Å². The molecule has 0 aliphatic carbocycles. The molecule has 102 valence electrons. The molecule has 2 rings (SSSR count). The van der Waals surface area contributed by atoms with Gasteiger partial charge in [-0.25, -0.2) is 15.0 Å². The van der Waals surface area contributed by atoms with E-state index in [0.717, 1.165) is 42.4 Å². The molecule has 0 atom stereocenters. The van der Waals surface area contributed by atoms with Crippen molar-refractivity contribution in [2.75, 3.05) is 11.9 Å². The number of rotatable bonds is 5. The zero-order valence-corrected chi connectivity index (χ0v) is 12.1. The average molecular weight is 259 g/mol. The minimum Gasteiger partial charge on any atom is -0.370 e. The van der Waals surface area contributed by atoms with Gasteiger partial charge >= 0.3 is 0 Å². The van der Waals surface area contributed by atoms with Crippen LogP contribution in [-0.2, 0) is 13.5 Å². The summed E-state index contributed by atoms with van der Waals surface area (Å²) in [5.41, 5.74) is 3.16. The van der Waals surface area contributed by atoms with E-state index in [1.54, 1.807) is 12.5 Å². The third-order valence-electron chi connectivity index (χ3n) is 3.16. The molecule has 0 saturated heterocycles. The molecule has 0 aromatic carbocycles. The van der Waals surface area contributed by atoms with E-state index in [2.05, 4.69) is 34.1 Å². The third kappa shape index (κ3) is 2.75. The Morgan fingerprint density at radius 2 is 2.05 bits per heavy atom. The van der Waals surface area contributed by atoms with Crippen LogP contribution in [0.5, 0.6) is 0 Å². The summed E-state index contributed by atoms with van der Waals surface area (Å²) in [4.78, 5) is 13.4. The second kappa shape index (κ2) is 5.82. The van der Waals surface area contributed by atoms with Gasteiger partial charge in [0.1, 0.15) is 11.5 Å². The molecule has 1 N–H and O–H groups in total.